The average Bonchev–Trinajstić information content (AvgIpc) is 2.31. The Morgan fingerprint density at radius 2 is 2.00 bits per heavy atom. The van der Waals surface area contributed by atoms with Crippen LogP contribution in [-0.4, -0.2) is 55.2 Å². The highest BCUT2D eigenvalue weighted by atomic mass is 35.5. The predicted molar refractivity (Wildman–Crippen MR) is 71.9 cm³/mol. The third-order valence-corrected chi connectivity index (χ3v) is 4.46. The number of amides is 1. The summed E-state index contributed by atoms with van der Waals surface area (Å²) < 4.78 is 24.0. The van der Waals surface area contributed by atoms with E-state index in [0.717, 1.165) is 4.31 Å². The number of hydrogen-bond donors (Lipinski definition) is 1. The van der Waals surface area contributed by atoms with Gasteiger partial charge in [0.2, 0.25) is 10.0 Å². The quantitative estimate of drug-likeness (QED) is 0.845. The minimum atomic E-state index is -3.36. The first-order valence-corrected chi connectivity index (χ1v) is 7.47. The van der Waals surface area contributed by atoms with Crippen LogP contribution < -0.4 is 5.32 Å². The third-order valence-electron chi connectivity index (χ3n) is 2.17. The van der Waals surface area contributed by atoms with Gasteiger partial charge in [-0.2, -0.15) is 0 Å². The first-order valence-electron chi connectivity index (χ1n) is 5.11. The fourth-order valence-electron chi connectivity index (χ4n) is 1.08. The summed E-state index contributed by atoms with van der Waals surface area (Å²) >= 11 is 11.3. The number of rotatable bonds is 5. The molecule has 106 valence electrons. The molecule has 1 heterocycles. The van der Waals surface area contributed by atoms with Crippen molar-refractivity contribution in [1.29, 1.82) is 0 Å². The normalized spacial score (nSPS) is 11.6. The second-order valence-electron chi connectivity index (χ2n) is 3.73. The summed E-state index contributed by atoms with van der Waals surface area (Å²) in [5.74, 6) is -0.772. The highest BCUT2D eigenvalue weighted by Crippen LogP contribution is 2.14. The Morgan fingerprint density at radius 1 is 1.37 bits per heavy atom. The maximum absolute atomic E-state index is 11.7. The standard InChI is InChI=1S/C9H12Cl2N4O3S/c1-15(2)19(17,18)4-3-12-9(16)6-5-7(10)13-14-8(6)11/h5H,3-4H2,1-2H3,(H,12,16). The molecule has 7 nitrogen and oxygen atoms in total. The van der Waals surface area contributed by atoms with Gasteiger partial charge in [0.1, 0.15) is 0 Å². The van der Waals surface area contributed by atoms with Crippen LogP contribution in [0.3, 0.4) is 0 Å². The van der Waals surface area contributed by atoms with Gasteiger partial charge >= 0.3 is 0 Å². The molecule has 19 heavy (non-hydrogen) atoms. The van der Waals surface area contributed by atoms with Crippen LogP contribution in [-0.2, 0) is 10.0 Å². The molecule has 1 aromatic heterocycles. The monoisotopic (exact) mass is 326 g/mol. The van der Waals surface area contributed by atoms with E-state index in [1.54, 1.807) is 0 Å². The molecule has 0 unspecified atom stereocenters. The van der Waals surface area contributed by atoms with E-state index in [1.807, 2.05) is 0 Å². The summed E-state index contributed by atoms with van der Waals surface area (Å²) in [6.07, 6.45) is 0. The van der Waals surface area contributed by atoms with Gasteiger partial charge in [-0.25, -0.2) is 12.7 Å². The molecule has 0 saturated heterocycles. The maximum atomic E-state index is 11.7. The maximum Gasteiger partial charge on any atom is 0.254 e. The molecule has 0 atom stereocenters. The second kappa shape index (κ2) is 6.47. The summed E-state index contributed by atoms with van der Waals surface area (Å²) in [4.78, 5) is 11.7. The molecule has 0 aliphatic rings. The van der Waals surface area contributed by atoms with Gasteiger partial charge in [0, 0.05) is 20.6 Å². The van der Waals surface area contributed by atoms with Crippen molar-refractivity contribution >= 4 is 39.1 Å². The van der Waals surface area contributed by atoms with E-state index in [2.05, 4.69) is 15.5 Å². The van der Waals surface area contributed by atoms with Crippen LogP contribution in [0.5, 0.6) is 0 Å². The van der Waals surface area contributed by atoms with Crippen LogP contribution in [0.15, 0.2) is 6.07 Å². The molecule has 1 aromatic rings. The number of hydrogen-bond acceptors (Lipinski definition) is 5. The molecule has 1 rings (SSSR count). The summed E-state index contributed by atoms with van der Waals surface area (Å²) in [7, 11) is -0.528. The fourth-order valence-corrected chi connectivity index (χ4v) is 2.13. The van der Waals surface area contributed by atoms with Gasteiger partial charge in [0.05, 0.1) is 11.3 Å². The summed E-state index contributed by atoms with van der Waals surface area (Å²) in [6, 6.07) is 1.26. The Labute approximate surface area is 121 Å². The van der Waals surface area contributed by atoms with E-state index in [1.165, 1.54) is 20.2 Å². The van der Waals surface area contributed by atoms with E-state index in [9.17, 15) is 13.2 Å². The molecular formula is C9H12Cl2N4O3S. The Morgan fingerprint density at radius 3 is 2.58 bits per heavy atom. The SMILES string of the molecule is CN(C)S(=O)(=O)CCNC(=O)c1cc(Cl)nnc1Cl. The summed E-state index contributed by atoms with van der Waals surface area (Å²) in [5, 5.41) is 9.29. The van der Waals surface area contributed by atoms with Gasteiger partial charge in [-0.3, -0.25) is 4.79 Å². The molecule has 0 saturated carbocycles. The van der Waals surface area contributed by atoms with Crippen molar-refractivity contribution in [3.8, 4) is 0 Å². The van der Waals surface area contributed by atoms with Crippen LogP contribution in [0.4, 0.5) is 0 Å². The largest absolute Gasteiger partial charge is 0.351 e. The topological polar surface area (TPSA) is 92.3 Å². The molecule has 0 aliphatic heterocycles. The van der Waals surface area contributed by atoms with Gasteiger partial charge in [0.25, 0.3) is 5.91 Å². The van der Waals surface area contributed by atoms with Crippen LogP contribution >= 0.6 is 23.2 Å². The van der Waals surface area contributed by atoms with Crippen molar-refractivity contribution in [2.75, 3.05) is 26.4 Å². The molecule has 0 radical (unpaired) electrons. The molecular weight excluding hydrogens is 315 g/mol. The second-order valence-corrected chi connectivity index (χ2v) is 6.77. The lowest BCUT2D eigenvalue weighted by atomic mass is 10.3. The molecule has 0 fully saturated rings. The van der Waals surface area contributed by atoms with Gasteiger partial charge in [-0.15, -0.1) is 10.2 Å². The molecule has 1 N–H and O–H groups in total. The van der Waals surface area contributed by atoms with E-state index in [0.29, 0.717) is 0 Å². The molecule has 10 heteroatoms. The first kappa shape index (κ1) is 16.1. The van der Waals surface area contributed by atoms with Gasteiger partial charge in [0.15, 0.2) is 10.3 Å². The van der Waals surface area contributed by atoms with Crippen LogP contribution in [0.2, 0.25) is 10.3 Å². The van der Waals surface area contributed by atoms with Crippen LogP contribution in [0, 0.1) is 0 Å². The average molecular weight is 327 g/mol. The zero-order valence-corrected chi connectivity index (χ0v) is 12.6. The van der Waals surface area contributed by atoms with Crippen LogP contribution in [0.1, 0.15) is 10.4 Å². The van der Waals surface area contributed by atoms with E-state index in [4.69, 9.17) is 23.2 Å². The summed E-state index contributed by atoms with van der Waals surface area (Å²) in [5.41, 5.74) is 0.0453. The van der Waals surface area contributed by atoms with Crippen molar-refractivity contribution in [2.24, 2.45) is 0 Å². The molecule has 0 aliphatic carbocycles. The van der Waals surface area contributed by atoms with Crippen molar-refractivity contribution in [3.63, 3.8) is 0 Å². The number of halogens is 2. The highest BCUT2D eigenvalue weighted by molar-refractivity contribution is 7.89. The lowest BCUT2D eigenvalue weighted by molar-refractivity contribution is 0.0955. The Hall–Kier alpha value is -0.960. The van der Waals surface area contributed by atoms with E-state index < -0.39 is 15.9 Å². The molecule has 1 amide bonds. The fraction of sp³-hybridized carbons (Fsp3) is 0.444. The number of aromatic nitrogens is 2. The zero-order chi connectivity index (χ0) is 14.6. The number of nitrogens with zero attached hydrogens (tertiary/aromatic N) is 3. The Kier molecular flexibility index (Phi) is 5.48. The van der Waals surface area contributed by atoms with Crippen LogP contribution in [0.25, 0.3) is 0 Å². The molecule has 0 aromatic carbocycles. The number of carbonyl (C=O) groups excluding carboxylic acids is 1. The van der Waals surface area contributed by atoms with Gasteiger partial charge in [-0.1, -0.05) is 23.2 Å². The minimum absolute atomic E-state index is 0.0236. The predicted octanol–water partition coefficient (Wildman–Crippen LogP) is 0.405. The number of carbonyl (C=O) groups is 1. The highest BCUT2D eigenvalue weighted by Gasteiger charge is 2.16. The number of nitrogens with one attached hydrogen (secondary N) is 1. The lowest BCUT2D eigenvalue weighted by Crippen LogP contribution is -2.34. The lowest BCUT2D eigenvalue weighted by Gasteiger charge is -2.11. The molecule has 0 bridgehead atoms. The smallest absolute Gasteiger partial charge is 0.254 e. The number of sulfonamides is 1. The Bertz CT molecular complexity index is 577. The molecule has 0 spiro atoms. The van der Waals surface area contributed by atoms with E-state index >= 15 is 0 Å². The minimum Gasteiger partial charge on any atom is -0.351 e. The van der Waals surface area contributed by atoms with Gasteiger partial charge < -0.3 is 5.32 Å². The summed E-state index contributed by atoms with van der Waals surface area (Å²) in [6.45, 7) is -0.0460. The third kappa shape index (κ3) is 4.57. The zero-order valence-electron chi connectivity index (χ0n) is 10.2. The first-order chi connectivity index (χ1) is 8.74. The van der Waals surface area contributed by atoms with Crippen molar-refractivity contribution in [1.82, 2.24) is 19.8 Å². The van der Waals surface area contributed by atoms with Crippen molar-refractivity contribution in [2.45, 2.75) is 0 Å². The van der Waals surface area contributed by atoms with Gasteiger partial charge in [-0.05, 0) is 6.07 Å². The van der Waals surface area contributed by atoms with E-state index in [-0.39, 0.29) is 28.2 Å². The van der Waals surface area contributed by atoms with Crippen molar-refractivity contribution in [3.05, 3.63) is 21.9 Å². The van der Waals surface area contributed by atoms with Crippen molar-refractivity contribution < 1.29 is 13.2 Å². The Balaban J connectivity index is 2.64.